The third kappa shape index (κ3) is 5.28. The zero-order chi connectivity index (χ0) is 27.6. The zero-order valence-corrected chi connectivity index (χ0v) is 21.9. The number of ether oxygens (including phenoxy) is 2. The van der Waals surface area contributed by atoms with Gasteiger partial charge in [-0.05, 0) is 89.4 Å². The van der Waals surface area contributed by atoms with Crippen LogP contribution in [0.4, 0.5) is 18.9 Å². The van der Waals surface area contributed by atoms with E-state index in [1.54, 1.807) is 26.4 Å². The van der Waals surface area contributed by atoms with E-state index in [0.29, 0.717) is 5.56 Å². The Bertz CT molecular complexity index is 1490. The van der Waals surface area contributed by atoms with Crippen LogP contribution >= 0.6 is 0 Å². The summed E-state index contributed by atoms with van der Waals surface area (Å²) in [6.45, 7) is 2.05. The lowest BCUT2D eigenvalue weighted by Crippen LogP contribution is -2.31. The number of benzene rings is 4. The van der Waals surface area contributed by atoms with E-state index in [9.17, 15) is 13.2 Å². The van der Waals surface area contributed by atoms with Crippen molar-refractivity contribution in [2.75, 3.05) is 19.1 Å². The Morgan fingerprint density at radius 2 is 1.23 bits per heavy atom. The number of methoxy groups -OCH3 is 2. The maximum atomic E-state index is 13.5. The molecule has 0 bridgehead atoms. The van der Waals surface area contributed by atoms with E-state index in [1.165, 1.54) is 0 Å². The minimum absolute atomic E-state index is 0.332. The van der Waals surface area contributed by atoms with Gasteiger partial charge in [-0.15, -0.1) is 0 Å². The number of anilines is 1. The summed E-state index contributed by atoms with van der Waals surface area (Å²) < 4.78 is 51.2. The molecule has 4 aromatic carbocycles. The third-order valence-corrected chi connectivity index (χ3v) is 6.95. The van der Waals surface area contributed by atoms with Gasteiger partial charge in [0.1, 0.15) is 11.5 Å². The molecule has 3 nitrogen and oxygen atoms in total. The topological polar surface area (TPSA) is 21.7 Å². The molecule has 0 spiro atoms. The average molecular weight is 528 g/mol. The summed E-state index contributed by atoms with van der Waals surface area (Å²) >= 11 is 0. The summed E-state index contributed by atoms with van der Waals surface area (Å²) in [5, 5.41) is 0. The second-order valence-electron chi connectivity index (χ2n) is 9.30. The van der Waals surface area contributed by atoms with E-state index < -0.39 is 11.7 Å². The van der Waals surface area contributed by atoms with Gasteiger partial charge in [0.05, 0.1) is 25.8 Å². The van der Waals surface area contributed by atoms with Gasteiger partial charge in [0, 0.05) is 11.4 Å². The molecule has 0 N–H and O–H groups in total. The number of hydrogen-bond acceptors (Lipinski definition) is 3. The van der Waals surface area contributed by atoms with Gasteiger partial charge in [0.15, 0.2) is 0 Å². The van der Waals surface area contributed by atoms with Crippen LogP contribution in [0.25, 0.3) is 11.1 Å². The molecule has 0 aliphatic carbocycles. The molecule has 0 aromatic heterocycles. The molecule has 1 unspecified atom stereocenters. The Morgan fingerprint density at radius 3 is 1.77 bits per heavy atom. The highest BCUT2D eigenvalue weighted by atomic mass is 19.4. The van der Waals surface area contributed by atoms with E-state index in [0.717, 1.165) is 57.3 Å². The molecule has 0 fully saturated rings. The molecular formula is C33H28F3NO2. The molecule has 0 amide bonds. The summed E-state index contributed by atoms with van der Waals surface area (Å²) in [6.07, 6.45) is -2.31. The lowest BCUT2D eigenvalue weighted by atomic mass is 9.82. The lowest BCUT2D eigenvalue weighted by molar-refractivity contribution is -0.137. The van der Waals surface area contributed by atoms with Crippen molar-refractivity contribution in [2.24, 2.45) is 0 Å². The largest absolute Gasteiger partial charge is 0.497 e. The number of hydrogen-bond donors (Lipinski definition) is 0. The van der Waals surface area contributed by atoms with Gasteiger partial charge in [-0.2, -0.15) is 13.2 Å². The van der Waals surface area contributed by atoms with Crippen LogP contribution in [0.5, 0.6) is 11.5 Å². The van der Waals surface area contributed by atoms with Crippen molar-refractivity contribution in [3.8, 4) is 11.5 Å². The van der Waals surface area contributed by atoms with Gasteiger partial charge in [0.25, 0.3) is 0 Å². The van der Waals surface area contributed by atoms with Crippen LogP contribution < -0.4 is 14.4 Å². The first-order valence-electron chi connectivity index (χ1n) is 12.5. The number of alkyl halides is 3. The normalized spacial score (nSPS) is 15.7. The molecule has 1 atom stereocenters. The first-order valence-corrected chi connectivity index (χ1v) is 12.5. The molecule has 0 radical (unpaired) electrons. The molecule has 4 aromatic rings. The summed E-state index contributed by atoms with van der Waals surface area (Å²) in [5.74, 6) is 1.46. The molecule has 6 heteroatoms. The van der Waals surface area contributed by atoms with Crippen LogP contribution in [0.15, 0.2) is 115 Å². The standard InChI is InChI=1S/C33H28F3NO2/c1-22-21-30(23-7-5-4-6-8-23)31(24-9-13-26(14-10-24)33(34,35)36)32(25-11-17-28(38-2)18-12-25)37(22)27-15-19-29(39-3)20-16-27/h4-21,32H,1-3H3. The molecule has 1 aliphatic rings. The van der Waals surface area contributed by atoms with E-state index in [4.69, 9.17) is 9.47 Å². The number of rotatable bonds is 6. The van der Waals surface area contributed by atoms with Crippen LogP contribution in [0.1, 0.15) is 35.2 Å². The second-order valence-corrected chi connectivity index (χ2v) is 9.30. The minimum atomic E-state index is -4.41. The maximum absolute atomic E-state index is 13.5. The number of nitrogens with zero attached hydrogens (tertiary/aromatic N) is 1. The first kappa shape index (κ1) is 26.2. The molecular weight excluding hydrogens is 499 g/mol. The quantitative estimate of drug-likeness (QED) is 0.250. The molecule has 0 saturated heterocycles. The average Bonchev–Trinajstić information content (AvgIpc) is 2.97. The van der Waals surface area contributed by atoms with Crippen LogP contribution in [-0.4, -0.2) is 14.2 Å². The molecule has 1 heterocycles. The summed E-state index contributed by atoms with van der Waals surface area (Å²) in [4.78, 5) is 2.21. The summed E-state index contributed by atoms with van der Waals surface area (Å²) in [5.41, 5.74) is 5.79. The summed E-state index contributed by atoms with van der Waals surface area (Å²) in [7, 11) is 3.24. The van der Waals surface area contributed by atoms with E-state index in [-0.39, 0.29) is 6.04 Å². The van der Waals surface area contributed by atoms with Crippen LogP contribution in [-0.2, 0) is 6.18 Å². The third-order valence-electron chi connectivity index (χ3n) is 6.95. The fourth-order valence-corrected chi connectivity index (χ4v) is 5.04. The molecule has 5 rings (SSSR count). The van der Waals surface area contributed by atoms with Gasteiger partial charge in [0.2, 0.25) is 0 Å². The Morgan fingerprint density at radius 1 is 0.667 bits per heavy atom. The number of allylic oxidation sites excluding steroid dienone is 3. The predicted octanol–water partition coefficient (Wildman–Crippen LogP) is 8.80. The van der Waals surface area contributed by atoms with Crippen molar-refractivity contribution in [1.82, 2.24) is 0 Å². The van der Waals surface area contributed by atoms with Gasteiger partial charge < -0.3 is 14.4 Å². The lowest BCUT2D eigenvalue weighted by Gasteiger charge is -2.41. The molecule has 39 heavy (non-hydrogen) atoms. The Kier molecular flexibility index (Phi) is 7.20. The van der Waals surface area contributed by atoms with Crippen LogP contribution in [0.2, 0.25) is 0 Å². The van der Waals surface area contributed by atoms with E-state index in [1.807, 2.05) is 85.8 Å². The van der Waals surface area contributed by atoms with Crippen molar-refractivity contribution >= 4 is 16.8 Å². The van der Waals surface area contributed by atoms with Gasteiger partial charge in [-0.1, -0.05) is 54.6 Å². The van der Waals surface area contributed by atoms with Gasteiger partial charge >= 0.3 is 6.18 Å². The SMILES string of the molecule is COc1ccc(C2C(c3ccc(C(F)(F)F)cc3)=C(c3ccccc3)C=C(C)N2c2ccc(OC)cc2)cc1. The fraction of sp³-hybridized carbons (Fsp3) is 0.152. The molecule has 0 saturated carbocycles. The van der Waals surface area contributed by atoms with Crippen molar-refractivity contribution < 1.29 is 22.6 Å². The van der Waals surface area contributed by atoms with Gasteiger partial charge in [-0.3, -0.25) is 0 Å². The van der Waals surface area contributed by atoms with Gasteiger partial charge in [-0.25, -0.2) is 0 Å². The zero-order valence-electron chi connectivity index (χ0n) is 21.9. The van der Waals surface area contributed by atoms with Crippen LogP contribution in [0, 0.1) is 0 Å². The van der Waals surface area contributed by atoms with Crippen molar-refractivity contribution in [2.45, 2.75) is 19.1 Å². The van der Waals surface area contributed by atoms with E-state index in [2.05, 4.69) is 11.0 Å². The Hall–Kier alpha value is -4.45. The Labute approximate surface area is 226 Å². The monoisotopic (exact) mass is 527 g/mol. The highest BCUT2D eigenvalue weighted by Crippen LogP contribution is 2.48. The highest BCUT2D eigenvalue weighted by molar-refractivity contribution is 6.01. The van der Waals surface area contributed by atoms with Crippen molar-refractivity contribution in [1.29, 1.82) is 0 Å². The molecule has 1 aliphatic heterocycles. The smallest absolute Gasteiger partial charge is 0.416 e. The maximum Gasteiger partial charge on any atom is 0.416 e. The highest BCUT2D eigenvalue weighted by Gasteiger charge is 2.34. The molecule has 198 valence electrons. The summed E-state index contributed by atoms with van der Waals surface area (Å²) in [6, 6.07) is 30.7. The van der Waals surface area contributed by atoms with Crippen LogP contribution in [0.3, 0.4) is 0 Å². The predicted molar refractivity (Wildman–Crippen MR) is 150 cm³/mol. The number of halogens is 3. The fourth-order valence-electron chi connectivity index (χ4n) is 5.04. The van der Waals surface area contributed by atoms with E-state index >= 15 is 0 Å². The van der Waals surface area contributed by atoms with Crippen molar-refractivity contribution in [3.63, 3.8) is 0 Å². The second kappa shape index (κ2) is 10.7. The Balaban J connectivity index is 1.78. The first-order chi connectivity index (χ1) is 18.8. The van der Waals surface area contributed by atoms with Crippen molar-refractivity contribution in [3.05, 3.63) is 137 Å². The minimum Gasteiger partial charge on any atom is -0.497 e.